The summed E-state index contributed by atoms with van der Waals surface area (Å²) in [6.45, 7) is 2.13. The van der Waals surface area contributed by atoms with Crippen LogP contribution in [0.3, 0.4) is 0 Å². The standard InChI is InChI=1S/C14H16FN3O2/c1-10-17-14(20-18-10)7-6-13(19)16-9-8-11-4-2-3-5-12(11)15/h2-5H,6-9H2,1H3,(H,16,19). The van der Waals surface area contributed by atoms with Crippen molar-refractivity contribution in [3.05, 3.63) is 47.4 Å². The highest BCUT2D eigenvalue weighted by molar-refractivity contribution is 5.75. The van der Waals surface area contributed by atoms with Crippen molar-refractivity contribution in [2.24, 2.45) is 0 Å². The van der Waals surface area contributed by atoms with Gasteiger partial charge in [0, 0.05) is 19.4 Å². The zero-order valence-corrected chi connectivity index (χ0v) is 11.2. The van der Waals surface area contributed by atoms with Crippen LogP contribution in [0.25, 0.3) is 0 Å². The highest BCUT2D eigenvalue weighted by atomic mass is 19.1. The van der Waals surface area contributed by atoms with Crippen LogP contribution in [-0.4, -0.2) is 22.6 Å². The Hall–Kier alpha value is -2.24. The molecular formula is C14H16FN3O2. The maximum atomic E-state index is 13.3. The van der Waals surface area contributed by atoms with Gasteiger partial charge in [-0.2, -0.15) is 4.98 Å². The van der Waals surface area contributed by atoms with Crippen molar-refractivity contribution in [3.8, 4) is 0 Å². The molecule has 0 radical (unpaired) electrons. The molecule has 1 heterocycles. The van der Waals surface area contributed by atoms with Gasteiger partial charge in [-0.3, -0.25) is 4.79 Å². The third-order valence-corrected chi connectivity index (χ3v) is 2.81. The number of amides is 1. The Morgan fingerprint density at radius 2 is 2.15 bits per heavy atom. The van der Waals surface area contributed by atoms with Crippen LogP contribution in [-0.2, 0) is 17.6 Å². The lowest BCUT2D eigenvalue weighted by Crippen LogP contribution is -2.26. The summed E-state index contributed by atoms with van der Waals surface area (Å²) in [6.07, 6.45) is 1.16. The van der Waals surface area contributed by atoms with Crippen molar-refractivity contribution in [2.45, 2.75) is 26.2 Å². The summed E-state index contributed by atoms with van der Waals surface area (Å²) >= 11 is 0. The second-order valence-corrected chi connectivity index (χ2v) is 4.43. The first-order chi connectivity index (χ1) is 9.65. The van der Waals surface area contributed by atoms with Crippen molar-refractivity contribution in [1.29, 1.82) is 0 Å². The SMILES string of the molecule is Cc1noc(CCC(=O)NCCc2ccccc2F)n1. The Morgan fingerprint density at radius 1 is 1.35 bits per heavy atom. The first kappa shape index (κ1) is 14.2. The summed E-state index contributed by atoms with van der Waals surface area (Å²) in [5.74, 6) is 0.645. The van der Waals surface area contributed by atoms with Gasteiger partial charge in [0.1, 0.15) is 5.82 Å². The van der Waals surface area contributed by atoms with E-state index in [1.165, 1.54) is 6.07 Å². The number of aryl methyl sites for hydroxylation is 2. The summed E-state index contributed by atoms with van der Waals surface area (Å²) in [5, 5.41) is 6.39. The third kappa shape index (κ3) is 4.15. The van der Waals surface area contributed by atoms with Crippen molar-refractivity contribution < 1.29 is 13.7 Å². The molecule has 1 aromatic heterocycles. The molecule has 0 unspecified atom stereocenters. The number of rotatable bonds is 6. The number of hydrogen-bond donors (Lipinski definition) is 1. The lowest BCUT2D eigenvalue weighted by atomic mass is 10.1. The van der Waals surface area contributed by atoms with E-state index in [1.54, 1.807) is 25.1 Å². The Morgan fingerprint density at radius 3 is 2.85 bits per heavy atom. The zero-order chi connectivity index (χ0) is 14.4. The summed E-state index contributed by atoms with van der Waals surface area (Å²) in [6, 6.07) is 6.54. The predicted molar refractivity (Wildman–Crippen MR) is 70.5 cm³/mol. The van der Waals surface area contributed by atoms with Crippen molar-refractivity contribution in [2.75, 3.05) is 6.54 Å². The Bertz CT molecular complexity index is 583. The number of carbonyl (C=O) groups is 1. The number of aromatic nitrogens is 2. The molecule has 0 aliphatic carbocycles. The fraction of sp³-hybridized carbons (Fsp3) is 0.357. The summed E-state index contributed by atoms with van der Waals surface area (Å²) in [7, 11) is 0. The van der Waals surface area contributed by atoms with E-state index in [-0.39, 0.29) is 18.1 Å². The van der Waals surface area contributed by atoms with Crippen LogP contribution in [0.4, 0.5) is 4.39 Å². The van der Waals surface area contributed by atoms with E-state index in [2.05, 4.69) is 15.5 Å². The first-order valence-corrected chi connectivity index (χ1v) is 6.44. The van der Waals surface area contributed by atoms with E-state index in [0.717, 1.165) is 0 Å². The van der Waals surface area contributed by atoms with E-state index in [1.807, 2.05) is 0 Å². The second-order valence-electron chi connectivity index (χ2n) is 4.43. The van der Waals surface area contributed by atoms with Crippen molar-refractivity contribution in [3.63, 3.8) is 0 Å². The predicted octanol–water partition coefficient (Wildman–Crippen LogP) is 1.81. The fourth-order valence-electron chi connectivity index (χ4n) is 1.79. The minimum absolute atomic E-state index is 0.114. The minimum Gasteiger partial charge on any atom is -0.356 e. The van der Waals surface area contributed by atoms with Gasteiger partial charge in [0.2, 0.25) is 11.8 Å². The van der Waals surface area contributed by atoms with Gasteiger partial charge < -0.3 is 9.84 Å². The molecule has 0 bridgehead atoms. The molecule has 1 amide bonds. The van der Waals surface area contributed by atoms with E-state index in [0.29, 0.717) is 36.7 Å². The smallest absolute Gasteiger partial charge is 0.227 e. The maximum Gasteiger partial charge on any atom is 0.227 e. The zero-order valence-electron chi connectivity index (χ0n) is 11.2. The quantitative estimate of drug-likeness (QED) is 0.874. The van der Waals surface area contributed by atoms with Crippen LogP contribution in [0.15, 0.2) is 28.8 Å². The lowest BCUT2D eigenvalue weighted by molar-refractivity contribution is -0.121. The molecule has 0 fully saturated rings. The highest BCUT2D eigenvalue weighted by Gasteiger charge is 2.07. The Labute approximate surface area is 116 Å². The van der Waals surface area contributed by atoms with Crippen molar-refractivity contribution >= 4 is 5.91 Å². The van der Waals surface area contributed by atoms with Gasteiger partial charge in [-0.05, 0) is 25.0 Å². The monoisotopic (exact) mass is 277 g/mol. The van der Waals surface area contributed by atoms with Crippen molar-refractivity contribution in [1.82, 2.24) is 15.5 Å². The molecule has 0 saturated carbocycles. The number of nitrogens with zero attached hydrogens (tertiary/aromatic N) is 2. The van der Waals surface area contributed by atoms with Crippen LogP contribution in [0.1, 0.15) is 23.7 Å². The highest BCUT2D eigenvalue weighted by Crippen LogP contribution is 2.06. The van der Waals surface area contributed by atoms with Gasteiger partial charge in [0.05, 0.1) is 0 Å². The molecule has 0 atom stereocenters. The van der Waals surface area contributed by atoms with E-state index < -0.39 is 0 Å². The molecule has 0 spiro atoms. The van der Waals surface area contributed by atoms with Gasteiger partial charge in [-0.15, -0.1) is 0 Å². The summed E-state index contributed by atoms with van der Waals surface area (Å²) in [4.78, 5) is 15.6. The van der Waals surface area contributed by atoms with Gasteiger partial charge in [0.15, 0.2) is 5.82 Å². The average molecular weight is 277 g/mol. The molecule has 106 valence electrons. The van der Waals surface area contributed by atoms with Gasteiger partial charge in [-0.1, -0.05) is 23.4 Å². The Kier molecular flexibility index (Phi) is 4.81. The Balaban J connectivity index is 1.69. The van der Waals surface area contributed by atoms with Crippen LogP contribution < -0.4 is 5.32 Å². The largest absolute Gasteiger partial charge is 0.356 e. The number of benzene rings is 1. The number of halogens is 1. The average Bonchev–Trinajstić information content (AvgIpc) is 2.84. The van der Waals surface area contributed by atoms with Gasteiger partial charge in [0.25, 0.3) is 0 Å². The van der Waals surface area contributed by atoms with E-state index in [9.17, 15) is 9.18 Å². The molecule has 1 aromatic carbocycles. The second kappa shape index (κ2) is 6.79. The lowest BCUT2D eigenvalue weighted by Gasteiger charge is -2.05. The van der Waals surface area contributed by atoms with Gasteiger partial charge >= 0.3 is 0 Å². The number of carbonyl (C=O) groups excluding carboxylic acids is 1. The van der Waals surface area contributed by atoms with Crippen LogP contribution >= 0.6 is 0 Å². The van der Waals surface area contributed by atoms with E-state index >= 15 is 0 Å². The molecule has 20 heavy (non-hydrogen) atoms. The third-order valence-electron chi connectivity index (χ3n) is 2.81. The number of hydrogen-bond acceptors (Lipinski definition) is 4. The topological polar surface area (TPSA) is 68.0 Å². The molecule has 1 N–H and O–H groups in total. The molecule has 6 heteroatoms. The molecule has 2 aromatic rings. The van der Waals surface area contributed by atoms with Gasteiger partial charge in [-0.25, -0.2) is 4.39 Å². The fourth-order valence-corrected chi connectivity index (χ4v) is 1.79. The normalized spacial score (nSPS) is 10.5. The summed E-state index contributed by atoms with van der Waals surface area (Å²) in [5.41, 5.74) is 0.598. The first-order valence-electron chi connectivity index (χ1n) is 6.44. The maximum absolute atomic E-state index is 13.3. The molecule has 0 aliphatic rings. The molecule has 5 nitrogen and oxygen atoms in total. The number of nitrogens with one attached hydrogen (secondary N) is 1. The molecule has 0 aliphatic heterocycles. The molecule has 2 rings (SSSR count). The van der Waals surface area contributed by atoms with Crippen LogP contribution in [0, 0.1) is 12.7 Å². The van der Waals surface area contributed by atoms with Crippen LogP contribution in [0.5, 0.6) is 0 Å². The van der Waals surface area contributed by atoms with E-state index in [4.69, 9.17) is 4.52 Å². The van der Waals surface area contributed by atoms with Crippen LogP contribution in [0.2, 0.25) is 0 Å². The summed E-state index contributed by atoms with van der Waals surface area (Å²) < 4.78 is 18.3. The minimum atomic E-state index is -0.247. The molecular weight excluding hydrogens is 261 g/mol. The molecule has 0 saturated heterocycles.